The summed E-state index contributed by atoms with van der Waals surface area (Å²) in [4.78, 5) is 0. The van der Waals surface area contributed by atoms with Crippen molar-refractivity contribution >= 4 is 5.69 Å². The highest BCUT2D eigenvalue weighted by atomic mass is 19.1. The van der Waals surface area contributed by atoms with Crippen LogP contribution in [0.1, 0.15) is 17.2 Å². The molecule has 104 valence electrons. The van der Waals surface area contributed by atoms with Crippen molar-refractivity contribution in [2.45, 2.75) is 12.5 Å². The lowest BCUT2D eigenvalue weighted by Gasteiger charge is -2.14. The first-order valence-electron chi connectivity index (χ1n) is 6.47. The lowest BCUT2D eigenvalue weighted by molar-refractivity contribution is 0.393. The molecular formula is C16H16FNO2. The molecule has 0 aromatic heterocycles. The Morgan fingerprint density at radius 3 is 2.40 bits per heavy atom. The van der Waals surface area contributed by atoms with Gasteiger partial charge in [0.2, 0.25) is 0 Å². The number of ether oxygens (including phenoxy) is 2. The molecule has 3 nitrogen and oxygen atoms in total. The molecule has 1 heterocycles. The maximum atomic E-state index is 13.2. The first-order chi connectivity index (χ1) is 9.69. The Kier molecular flexibility index (Phi) is 3.22. The summed E-state index contributed by atoms with van der Waals surface area (Å²) in [5.74, 6) is 1.28. The number of methoxy groups -OCH3 is 2. The molecule has 0 amide bonds. The van der Waals surface area contributed by atoms with Gasteiger partial charge in [-0.15, -0.1) is 0 Å². The molecule has 0 aliphatic carbocycles. The summed E-state index contributed by atoms with van der Waals surface area (Å²) in [6, 6.07) is 10.8. The SMILES string of the molecule is COc1cc(OC)cc(C2Cc3ccc(F)cc3N2)c1. The third-order valence-electron chi connectivity index (χ3n) is 3.60. The minimum atomic E-state index is -0.222. The van der Waals surface area contributed by atoms with Crippen LogP contribution in [0.2, 0.25) is 0 Å². The van der Waals surface area contributed by atoms with Gasteiger partial charge in [0.15, 0.2) is 0 Å². The summed E-state index contributed by atoms with van der Waals surface area (Å²) in [6.45, 7) is 0. The van der Waals surface area contributed by atoms with Gasteiger partial charge in [0, 0.05) is 11.8 Å². The molecule has 0 spiro atoms. The topological polar surface area (TPSA) is 30.5 Å². The number of halogens is 1. The van der Waals surface area contributed by atoms with Gasteiger partial charge in [-0.05, 0) is 41.8 Å². The highest BCUT2D eigenvalue weighted by molar-refractivity contribution is 5.59. The third-order valence-corrected chi connectivity index (χ3v) is 3.60. The Hall–Kier alpha value is -2.23. The van der Waals surface area contributed by atoms with Crippen LogP contribution in [0.4, 0.5) is 10.1 Å². The van der Waals surface area contributed by atoms with Crippen molar-refractivity contribution in [1.29, 1.82) is 0 Å². The number of fused-ring (bicyclic) bond motifs is 1. The molecule has 1 atom stereocenters. The fourth-order valence-electron chi connectivity index (χ4n) is 2.55. The lowest BCUT2D eigenvalue weighted by Crippen LogP contribution is -2.06. The van der Waals surface area contributed by atoms with Gasteiger partial charge in [0.25, 0.3) is 0 Å². The molecule has 2 aromatic carbocycles. The second kappa shape index (κ2) is 5.04. The number of hydrogen-bond donors (Lipinski definition) is 1. The van der Waals surface area contributed by atoms with Crippen LogP contribution in [-0.4, -0.2) is 14.2 Å². The number of anilines is 1. The third kappa shape index (κ3) is 2.29. The molecule has 0 fully saturated rings. The fourth-order valence-corrected chi connectivity index (χ4v) is 2.55. The molecule has 4 heteroatoms. The van der Waals surface area contributed by atoms with E-state index in [9.17, 15) is 4.39 Å². The quantitative estimate of drug-likeness (QED) is 0.927. The van der Waals surface area contributed by atoms with Crippen molar-refractivity contribution in [1.82, 2.24) is 0 Å². The summed E-state index contributed by atoms with van der Waals surface area (Å²) in [6.07, 6.45) is 0.825. The molecule has 2 aromatic rings. The number of nitrogens with one attached hydrogen (secondary N) is 1. The number of benzene rings is 2. The van der Waals surface area contributed by atoms with E-state index in [4.69, 9.17) is 9.47 Å². The van der Waals surface area contributed by atoms with E-state index in [-0.39, 0.29) is 11.9 Å². The van der Waals surface area contributed by atoms with E-state index in [0.717, 1.165) is 34.7 Å². The van der Waals surface area contributed by atoms with Gasteiger partial charge in [-0.2, -0.15) is 0 Å². The highest BCUT2D eigenvalue weighted by Crippen LogP contribution is 2.37. The van der Waals surface area contributed by atoms with Crippen LogP contribution in [0.15, 0.2) is 36.4 Å². The zero-order valence-electron chi connectivity index (χ0n) is 11.4. The maximum Gasteiger partial charge on any atom is 0.125 e. The summed E-state index contributed by atoms with van der Waals surface area (Å²) in [7, 11) is 3.26. The van der Waals surface area contributed by atoms with Crippen molar-refractivity contribution < 1.29 is 13.9 Å². The van der Waals surface area contributed by atoms with Gasteiger partial charge in [-0.25, -0.2) is 4.39 Å². The Labute approximate surface area is 117 Å². The Morgan fingerprint density at radius 2 is 1.75 bits per heavy atom. The van der Waals surface area contributed by atoms with Crippen LogP contribution in [-0.2, 0) is 6.42 Å². The summed E-state index contributed by atoms with van der Waals surface area (Å²) >= 11 is 0. The standard InChI is InChI=1S/C16H16FNO2/c1-19-13-5-11(6-14(9-13)20-2)15-7-10-3-4-12(17)8-16(10)18-15/h3-6,8-9,15,18H,7H2,1-2H3. The van der Waals surface area contributed by atoms with Crippen molar-refractivity contribution in [3.8, 4) is 11.5 Å². The molecule has 0 bridgehead atoms. The first-order valence-corrected chi connectivity index (χ1v) is 6.47. The average Bonchev–Trinajstić information content (AvgIpc) is 2.89. The molecule has 0 saturated heterocycles. The number of rotatable bonds is 3. The van der Waals surface area contributed by atoms with E-state index in [2.05, 4.69) is 5.32 Å². The van der Waals surface area contributed by atoms with Gasteiger partial charge in [-0.1, -0.05) is 6.07 Å². The van der Waals surface area contributed by atoms with Gasteiger partial charge >= 0.3 is 0 Å². The second-order valence-electron chi connectivity index (χ2n) is 4.85. The van der Waals surface area contributed by atoms with Crippen LogP contribution < -0.4 is 14.8 Å². The Morgan fingerprint density at radius 1 is 1.05 bits per heavy atom. The maximum absolute atomic E-state index is 13.2. The van der Waals surface area contributed by atoms with E-state index in [0.29, 0.717) is 0 Å². The molecular weight excluding hydrogens is 257 g/mol. The van der Waals surface area contributed by atoms with E-state index < -0.39 is 0 Å². The van der Waals surface area contributed by atoms with Crippen molar-refractivity contribution in [2.24, 2.45) is 0 Å². The number of hydrogen-bond acceptors (Lipinski definition) is 3. The predicted octanol–water partition coefficient (Wildman–Crippen LogP) is 3.55. The van der Waals surface area contributed by atoms with Crippen LogP contribution in [0, 0.1) is 5.82 Å². The molecule has 1 aliphatic heterocycles. The molecule has 20 heavy (non-hydrogen) atoms. The minimum absolute atomic E-state index is 0.107. The van der Waals surface area contributed by atoms with Gasteiger partial charge in [-0.3, -0.25) is 0 Å². The highest BCUT2D eigenvalue weighted by Gasteiger charge is 2.23. The van der Waals surface area contributed by atoms with Crippen LogP contribution in [0.25, 0.3) is 0 Å². The van der Waals surface area contributed by atoms with E-state index in [1.165, 1.54) is 12.1 Å². The summed E-state index contributed by atoms with van der Waals surface area (Å²) in [5, 5.41) is 3.34. The smallest absolute Gasteiger partial charge is 0.125 e. The van der Waals surface area contributed by atoms with Gasteiger partial charge in [0.05, 0.1) is 20.3 Å². The molecule has 1 N–H and O–H groups in total. The zero-order chi connectivity index (χ0) is 14.1. The van der Waals surface area contributed by atoms with Gasteiger partial charge < -0.3 is 14.8 Å². The van der Waals surface area contributed by atoms with E-state index in [1.807, 2.05) is 24.3 Å². The van der Waals surface area contributed by atoms with Crippen molar-refractivity contribution in [2.75, 3.05) is 19.5 Å². The predicted molar refractivity (Wildman–Crippen MR) is 76.0 cm³/mol. The zero-order valence-corrected chi connectivity index (χ0v) is 11.4. The van der Waals surface area contributed by atoms with Crippen molar-refractivity contribution in [3.05, 3.63) is 53.3 Å². The first kappa shape index (κ1) is 12.8. The Balaban J connectivity index is 1.92. The van der Waals surface area contributed by atoms with Crippen LogP contribution in [0.3, 0.4) is 0 Å². The molecule has 0 saturated carbocycles. The second-order valence-corrected chi connectivity index (χ2v) is 4.85. The minimum Gasteiger partial charge on any atom is -0.497 e. The normalized spacial score (nSPS) is 16.4. The van der Waals surface area contributed by atoms with Crippen LogP contribution in [0.5, 0.6) is 11.5 Å². The van der Waals surface area contributed by atoms with Crippen LogP contribution >= 0.6 is 0 Å². The van der Waals surface area contributed by atoms with Crippen molar-refractivity contribution in [3.63, 3.8) is 0 Å². The van der Waals surface area contributed by atoms with E-state index >= 15 is 0 Å². The summed E-state index contributed by atoms with van der Waals surface area (Å²) < 4.78 is 23.8. The van der Waals surface area contributed by atoms with E-state index in [1.54, 1.807) is 14.2 Å². The molecule has 1 aliphatic rings. The fraction of sp³-hybridized carbons (Fsp3) is 0.250. The molecule has 1 unspecified atom stereocenters. The monoisotopic (exact) mass is 273 g/mol. The summed E-state index contributed by atoms with van der Waals surface area (Å²) in [5.41, 5.74) is 3.05. The lowest BCUT2D eigenvalue weighted by atomic mass is 10.0. The van der Waals surface area contributed by atoms with Gasteiger partial charge in [0.1, 0.15) is 17.3 Å². The average molecular weight is 273 g/mol. The Bertz CT molecular complexity index is 620. The molecule has 0 radical (unpaired) electrons. The molecule has 3 rings (SSSR count). The largest absolute Gasteiger partial charge is 0.497 e.